The predicted molar refractivity (Wildman–Crippen MR) is 38.3 cm³/mol. The van der Waals surface area contributed by atoms with E-state index >= 15 is 0 Å². The molecule has 0 aliphatic heterocycles. The van der Waals surface area contributed by atoms with Crippen LogP contribution in [0.15, 0.2) is 0 Å². The molecule has 0 fully saturated rings. The number of nitrogens with one attached hydrogen (secondary N) is 3. The fourth-order valence-corrected chi connectivity index (χ4v) is 0.159. The quantitative estimate of drug-likeness (QED) is 0.380. The molecule has 0 spiro atoms. The van der Waals surface area contributed by atoms with Crippen LogP contribution in [0.1, 0.15) is 20.8 Å². The van der Waals surface area contributed by atoms with Crippen molar-refractivity contribution >= 4 is 0 Å². The van der Waals surface area contributed by atoms with Crippen LogP contribution in [0.25, 0.3) is 0 Å². The molecule has 0 radical (unpaired) electrons. The molecule has 0 aliphatic rings. The molecule has 0 saturated heterocycles. The van der Waals surface area contributed by atoms with E-state index in [4.69, 9.17) is 0 Å². The minimum absolute atomic E-state index is 0.835. The second-order valence-electron chi connectivity index (χ2n) is 0.939. The summed E-state index contributed by atoms with van der Waals surface area (Å²) in [5.74, 6) is 0. The van der Waals surface area contributed by atoms with E-state index in [0.717, 1.165) is 6.54 Å². The fraction of sp³-hybridized carbons (Fsp3) is 1.00. The zero-order valence-corrected chi connectivity index (χ0v) is 6.62. The van der Waals surface area contributed by atoms with E-state index in [9.17, 15) is 0 Å². The lowest BCUT2D eigenvalue weighted by molar-refractivity contribution is -0.0491. The Kier molecular flexibility index (Phi) is 20.2. The van der Waals surface area contributed by atoms with Crippen LogP contribution in [0.5, 0.6) is 0 Å². The van der Waals surface area contributed by atoms with Crippen molar-refractivity contribution < 1.29 is 4.94 Å². The highest BCUT2D eigenvalue weighted by molar-refractivity contribution is 4.14. The maximum Gasteiger partial charge on any atom is 0.0115 e. The highest BCUT2D eigenvalue weighted by Gasteiger charge is 1.71. The third-order valence-corrected chi connectivity index (χ3v) is 0.402. The van der Waals surface area contributed by atoms with Crippen LogP contribution in [-0.4, -0.2) is 13.6 Å². The molecular formula is C5H17N3O. The molecule has 3 N–H and O–H groups in total. The number of hydrogen-bond acceptors (Lipinski definition) is 4. The molecule has 0 aromatic heterocycles. The summed E-state index contributed by atoms with van der Waals surface area (Å²) >= 11 is 0. The molecule has 0 amide bonds. The first-order valence-electron chi connectivity index (χ1n) is 3.22. The maximum absolute atomic E-state index is 4.46. The van der Waals surface area contributed by atoms with E-state index in [2.05, 4.69) is 21.4 Å². The van der Waals surface area contributed by atoms with Crippen LogP contribution >= 0.6 is 0 Å². The molecule has 0 bridgehead atoms. The molecule has 0 atom stereocenters. The standard InChI is InChI=1S/C3H11N3O.C2H6/c1-3-5-6-7-4-2;1-2/h4-6H,3H2,1-2H3;1-2H3. The Hall–Kier alpha value is -0.160. The normalized spacial score (nSPS) is 8.00. The van der Waals surface area contributed by atoms with Gasteiger partial charge in [0.25, 0.3) is 0 Å². The van der Waals surface area contributed by atoms with Gasteiger partial charge < -0.3 is 0 Å². The summed E-state index contributed by atoms with van der Waals surface area (Å²) in [4.78, 5) is 4.46. The van der Waals surface area contributed by atoms with Gasteiger partial charge >= 0.3 is 0 Å². The van der Waals surface area contributed by atoms with E-state index in [1.165, 1.54) is 0 Å². The monoisotopic (exact) mass is 135 g/mol. The van der Waals surface area contributed by atoms with E-state index in [-0.39, 0.29) is 0 Å². The molecule has 58 valence electrons. The zero-order chi connectivity index (χ0) is 7.54. The molecule has 0 heterocycles. The van der Waals surface area contributed by atoms with Crippen molar-refractivity contribution in [2.24, 2.45) is 0 Å². The largest absolute Gasteiger partial charge is 0.233 e. The fourth-order valence-electron chi connectivity index (χ4n) is 0.159. The highest BCUT2D eigenvalue weighted by Crippen LogP contribution is 1.45. The maximum atomic E-state index is 4.46. The molecule has 0 saturated carbocycles. The lowest BCUT2D eigenvalue weighted by Gasteiger charge is -2.00. The first-order valence-corrected chi connectivity index (χ1v) is 3.22. The molecule has 0 unspecified atom stereocenters. The van der Waals surface area contributed by atoms with Gasteiger partial charge in [-0.1, -0.05) is 20.8 Å². The lowest BCUT2D eigenvalue weighted by atomic mass is 10.8. The van der Waals surface area contributed by atoms with Crippen LogP contribution in [-0.2, 0) is 4.94 Å². The van der Waals surface area contributed by atoms with E-state index in [1.807, 2.05) is 20.8 Å². The molecule has 4 nitrogen and oxygen atoms in total. The summed E-state index contributed by atoms with van der Waals surface area (Å²) in [5, 5.41) is 0. The van der Waals surface area contributed by atoms with Crippen molar-refractivity contribution in [3.63, 3.8) is 0 Å². The summed E-state index contributed by atoms with van der Waals surface area (Å²) in [6, 6.07) is 0. The van der Waals surface area contributed by atoms with E-state index in [1.54, 1.807) is 7.05 Å². The minimum Gasteiger partial charge on any atom is -0.233 e. The Morgan fingerprint density at radius 1 is 1.33 bits per heavy atom. The number of rotatable bonds is 4. The molecular weight excluding hydrogens is 118 g/mol. The Labute approximate surface area is 56.8 Å². The van der Waals surface area contributed by atoms with Gasteiger partial charge in [0.05, 0.1) is 0 Å². The van der Waals surface area contributed by atoms with Gasteiger partial charge in [-0.15, -0.1) is 5.59 Å². The van der Waals surface area contributed by atoms with Gasteiger partial charge in [-0.3, -0.25) is 0 Å². The zero-order valence-electron chi connectivity index (χ0n) is 6.62. The smallest absolute Gasteiger partial charge is 0.0115 e. The van der Waals surface area contributed by atoms with Crippen molar-refractivity contribution in [2.75, 3.05) is 13.6 Å². The molecule has 9 heavy (non-hydrogen) atoms. The van der Waals surface area contributed by atoms with E-state index in [0.29, 0.717) is 0 Å². The summed E-state index contributed by atoms with van der Waals surface area (Å²) in [6.45, 7) is 6.80. The Morgan fingerprint density at radius 2 is 1.89 bits per heavy atom. The molecule has 0 aromatic rings. The molecule has 0 aromatic carbocycles. The van der Waals surface area contributed by atoms with Crippen molar-refractivity contribution in [3.8, 4) is 0 Å². The third-order valence-electron chi connectivity index (χ3n) is 0.402. The van der Waals surface area contributed by atoms with Gasteiger partial charge in [-0.2, -0.15) is 10.4 Å². The summed E-state index contributed by atoms with van der Waals surface area (Å²) in [7, 11) is 1.67. The summed E-state index contributed by atoms with van der Waals surface area (Å²) in [5.41, 5.74) is 7.57. The molecule has 4 heteroatoms. The highest BCUT2D eigenvalue weighted by atomic mass is 16.8. The molecule has 0 rings (SSSR count). The first kappa shape index (κ1) is 11.6. The van der Waals surface area contributed by atoms with Gasteiger partial charge in [-0.25, -0.2) is 5.43 Å². The Bertz CT molecular complexity index is 31.4. The van der Waals surface area contributed by atoms with E-state index < -0.39 is 0 Å². The van der Waals surface area contributed by atoms with Crippen LogP contribution in [0, 0.1) is 0 Å². The lowest BCUT2D eigenvalue weighted by Crippen LogP contribution is -2.35. The van der Waals surface area contributed by atoms with Gasteiger partial charge in [-0.05, 0) is 0 Å². The van der Waals surface area contributed by atoms with Crippen LogP contribution in [0.2, 0.25) is 0 Å². The van der Waals surface area contributed by atoms with Gasteiger partial charge in [0.15, 0.2) is 0 Å². The summed E-state index contributed by atoms with van der Waals surface area (Å²) in [6.07, 6.45) is 0. The van der Waals surface area contributed by atoms with Gasteiger partial charge in [0.2, 0.25) is 0 Å². The van der Waals surface area contributed by atoms with Crippen molar-refractivity contribution in [2.45, 2.75) is 20.8 Å². The second-order valence-corrected chi connectivity index (χ2v) is 0.939. The van der Waals surface area contributed by atoms with Gasteiger partial charge in [0.1, 0.15) is 0 Å². The van der Waals surface area contributed by atoms with Crippen LogP contribution in [0.3, 0.4) is 0 Å². The van der Waals surface area contributed by atoms with Crippen LogP contribution < -0.4 is 16.5 Å². The SMILES string of the molecule is CC.CCNNONC. The average molecular weight is 135 g/mol. The number of hydrogen-bond donors (Lipinski definition) is 3. The van der Waals surface area contributed by atoms with Crippen LogP contribution in [0.4, 0.5) is 0 Å². The second kappa shape index (κ2) is 15.7. The number of hydroxylamine groups is 1. The average Bonchev–Trinajstić information content (AvgIpc) is 1.94. The predicted octanol–water partition coefficient (Wildman–Crippen LogP) is 0.193. The van der Waals surface area contributed by atoms with Crippen molar-refractivity contribution in [3.05, 3.63) is 0 Å². The topological polar surface area (TPSA) is 45.3 Å². The third kappa shape index (κ3) is 18.1. The van der Waals surface area contributed by atoms with Gasteiger partial charge in [0, 0.05) is 13.6 Å². The first-order chi connectivity index (χ1) is 4.41. The van der Waals surface area contributed by atoms with Crippen molar-refractivity contribution in [1.82, 2.24) is 16.5 Å². The Balaban J connectivity index is 0. The molecule has 0 aliphatic carbocycles. The summed E-state index contributed by atoms with van der Waals surface area (Å²) < 4.78 is 0. The minimum atomic E-state index is 0.835. The Morgan fingerprint density at radius 3 is 2.22 bits per heavy atom. The number of hydrazine groups is 1. The van der Waals surface area contributed by atoms with Crippen molar-refractivity contribution in [1.29, 1.82) is 0 Å².